The van der Waals surface area contributed by atoms with E-state index in [9.17, 15) is 4.79 Å². The molecule has 3 rings (SSSR count). The van der Waals surface area contributed by atoms with Gasteiger partial charge in [0.05, 0.1) is 6.42 Å². The molecule has 0 unspecified atom stereocenters. The lowest BCUT2D eigenvalue weighted by molar-refractivity contribution is -0.120. The number of rotatable bonds is 7. The third-order valence-electron chi connectivity index (χ3n) is 4.94. The van der Waals surface area contributed by atoms with Gasteiger partial charge in [0, 0.05) is 19.6 Å². The van der Waals surface area contributed by atoms with Crippen molar-refractivity contribution in [2.45, 2.75) is 32.7 Å². The average Bonchev–Trinajstić information content (AvgIpc) is 3.03. The van der Waals surface area contributed by atoms with Crippen LogP contribution in [-0.4, -0.2) is 30.4 Å². The maximum absolute atomic E-state index is 12.1. The monoisotopic (exact) mass is 336 g/mol. The summed E-state index contributed by atoms with van der Waals surface area (Å²) in [5, 5.41) is 3.08. The minimum atomic E-state index is 0.129. The Bertz CT molecular complexity index is 683. The van der Waals surface area contributed by atoms with E-state index >= 15 is 0 Å². The zero-order chi connectivity index (χ0) is 17.5. The molecule has 0 spiro atoms. The summed E-state index contributed by atoms with van der Waals surface area (Å²) in [5.74, 6) is 0.827. The lowest BCUT2D eigenvalue weighted by atomic mass is 10.0. The van der Waals surface area contributed by atoms with Crippen molar-refractivity contribution in [1.29, 1.82) is 0 Å². The lowest BCUT2D eigenvalue weighted by Gasteiger charge is -2.16. The third kappa shape index (κ3) is 5.71. The largest absolute Gasteiger partial charge is 0.356 e. The summed E-state index contributed by atoms with van der Waals surface area (Å²) in [5.41, 5.74) is 3.68. The van der Waals surface area contributed by atoms with Crippen molar-refractivity contribution in [2.75, 3.05) is 19.6 Å². The van der Waals surface area contributed by atoms with Crippen LogP contribution in [-0.2, 0) is 17.8 Å². The molecule has 1 fully saturated rings. The minimum absolute atomic E-state index is 0.129. The third-order valence-corrected chi connectivity index (χ3v) is 4.94. The van der Waals surface area contributed by atoms with Crippen molar-refractivity contribution in [1.82, 2.24) is 10.2 Å². The van der Waals surface area contributed by atoms with Gasteiger partial charge in [-0.2, -0.15) is 0 Å². The van der Waals surface area contributed by atoms with Gasteiger partial charge in [0.2, 0.25) is 5.91 Å². The van der Waals surface area contributed by atoms with Crippen LogP contribution < -0.4 is 5.32 Å². The molecule has 0 bridgehead atoms. The summed E-state index contributed by atoms with van der Waals surface area (Å²) in [6.45, 7) is 6.19. The Morgan fingerprint density at radius 2 is 1.92 bits per heavy atom. The molecular formula is C22H28N2O. The summed E-state index contributed by atoms with van der Waals surface area (Å²) in [6.07, 6.45) is 2.79. The van der Waals surface area contributed by atoms with Crippen LogP contribution in [0.3, 0.4) is 0 Å². The van der Waals surface area contributed by atoms with E-state index in [1.165, 1.54) is 17.5 Å². The van der Waals surface area contributed by atoms with E-state index in [2.05, 4.69) is 59.6 Å². The summed E-state index contributed by atoms with van der Waals surface area (Å²) >= 11 is 0. The Morgan fingerprint density at radius 3 is 2.72 bits per heavy atom. The molecule has 1 aliphatic rings. The van der Waals surface area contributed by atoms with Crippen molar-refractivity contribution >= 4 is 5.91 Å². The van der Waals surface area contributed by atoms with Gasteiger partial charge in [0.25, 0.3) is 0 Å². The molecule has 0 aromatic heterocycles. The first-order valence-corrected chi connectivity index (χ1v) is 9.27. The van der Waals surface area contributed by atoms with Crippen LogP contribution in [0.5, 0.6) is 0 Å². The Labute approximate surface area is 151 Å². The summed E-state index contributed by atoms with van der Waals surface area (Å²) < 4.78 is 0. The van der Waals surface area contributed by atoms with Crippen LogP contribution in [0.25, 0.3) is 0 Å². The molecule has 3 nitrogen and oxygen atoms in total. The molecule has 132 valence electrons. The summed E-state index contributed by atoms with van der Waals surface area (Å²) in [6, 6.07) is 18.8. The molecule has 0 saturated carbocycles. The smallest absolute Gasteiger partial charge is 0.224 e. The van der Waals surface area contributed by atoms with Crippen LogP contribution >= 0.6 is 0 Å². The zero-order valence-electron chi connectivity index (χ0n) is 15.1. The van der Waals surface area contributed by atoms with E-state index in [-0.39, 0.29) is 5.91 Å². The Kier molecular flexibility index (Phi) is 6.24. The van der Waals surface area contributed by atoms with Gasteiger partial charge in [0.15, 0.2) is 0 Å². The van der Waals surface area contributed by atoms with Crippen LogP contribution in [0.2, 0.25) is 0 Å². The van der Waals surface area contributed by atoms with Crippen molar-refractivity contribution < 1.29 is 4.79 Å². The predicted molar refractivity (Wildman–Crippen MR) is 102 cm³/mol. The number of hydrogen-bond donors (Lipinski definition) is 1. The summed E-state index contributed by atoms with van der Waals surface area (Å²) in [7, 11) is 0. The van der Waals surface area contributed by atoms with Gasteiger partial charge in [0.1, 0.15) is 0 Å². The second-order valence-electron chi connectivity index (χ2n) is 7.18. The lowest BCUT2D eigenvalue weighted by Crippen LogP contribution is -2.28. The van der Waals surface area contributed by atoms with Crippen LogP contribution in [0.1, 0.15) is 29.5 Å². The summed E-state index contributed by atoms with van der Waals surface area (Å²) in [4.78, 5) is 14.6. The van der Waals surface area contributed by atoms with Gasteiger partial charge >= 0.3 is 0 Å². The van der Waals surface area contributed by atoms with Gasteiger partial charge in [-0.05, 0) is 43.4 Å². The molecule has 0 aliphatic carbocycles. The first-order valence-electron chi connectivity index (χ1n) is 9.27. The zero-order valence-corrected chi connectivity index (χ0v) is 15.1. The molecule has 1 heterocycles. The second kappa shape index (κ2) is 8.82. The number of benzene rings is 2. The predicted octanol–water partition coefficient (Wildman–Crippen LogP) is 3.57. The number of nitrogens with zero attached hydrogens (tertiary/aromatic N) is 1. The van der Waals surface area contributed by atoms with Gasteiger partial charge < -0.3 is 5.32 Å². The van der Waals surface area contributed by atoms with Crippen LogP contribution in [0, 0.1) is 12.8 Å². The second-order valence-corrected chi connectivity index (χ2v) is 7.18. The minimum Gasteiger partial charge on any atom is -0.356 e. The van der Waals surface area contributed by atoms with Gasteiger partial charge in [-0.25, -0.2) is 0 Å². The number of likely N-dealkylation sites (tertiary alicyclic amines) is 1. The number of nitrogens with one attached hydrogen (secondary N) is 1. The molecule has 1 amide bonds. The van der Waals surface area contributed by atoms with Crippen molar-refractivity contribution in [3.63, 3.8) is 0 Å². The normalized spacial score (nSPS) is 17.6. The molecule has 3 heteroatoms. The Balaban J connectivity index is 1.35. The fourth-order valence-electron chi connectivity index (χ4n) is 3.62. The van der Waals surface area contributed by atoms with Crippen LogP contribution in [0.15, 0.2) is 54.6 Å². The average molecular weight is 336 g/mol. The first-order chi connectivity index (χ1) is 12.2. The molecule has 0 radical (unpaired) electrons. The van der Waals surface area contributed by atoms with Crippen LogP contribution in [0.4, 0.5) is 0 Å². The molecule has 2 aromatic carbocycles. The molecular weight excluding hydrogens is 308 g/mol. The topological polar surface area (TPSA) is 32.3 Å². The maximum Gasteiger partial charge on any atom is 0.224 e. The SMILES string of the molecule is Cc1cccc(CC(=O)NCC[C@H]2CCN(Cc3ccccc3)C2)c1. The highest BCUT2D eigenvalue weighted by Crippen LogP contribution is 2.21. The number of carbonyl (C=O) groups excluding carboxylic acids is 1. The van der Waals surface area contributed by atoms with E-state index in [1.807, 2.05) is 12.1 Å². The molecule has 1 N–H and O–H groups in total. The number of carbonyl (C=O) groups is 1. The van der Waals surface area contributed by atoms with Crippen molar-refractivity contribution in [3.05, 3.63) is 71.3 Å². The van der Waals surface area contributed by atoms with E-state index in [4.69, 9.17) is 0 Å². The van der Waals surface area contributed by atoms with E-state index in [0.717, 1.165) is 38.2 Å². The van der Waals surface area contributed by atoms with Crippen molar-refractivity contribution in [2.24, 2.45) is 5.92 Å². The van der Waals surface area contributed by atoms with Gasteiger partial charge in [-0.15, -0.1) is 0 Å². The molecule has 1 saturated heterocycles. The molecule has 2 aromatic rings. The molecule has 25 heavy (non-hydrogen) atoms. The first kappa shape index (κ1) is 17.7. The fourth-order valence-corrected chi connectivity index (χ4v) is 3.62. The van der Waals surface area contributed by atoms with Gasteiger partial charge in [-0.1, -0.05) is 60.2 Å². The number of aryl methyl sites for hydroxylation is 1. The molecule has 1 atom stereocenters. The van der Waals surface area contributed by atoms with Crippen molar-refractivity contribution in [3.8, 4) is 0 Å². The highest BCUT2D eigenvalue weighted by atomic mass is 16.1. The van der Waals surface area contributed by atoms with E-state index < -0.39 is 0 Å². The Hall–Kier alpha value is -2.13. The number of amides is 1. The van der Waals surface area contributed by atoms with Gasteiger partial charge in [-0.3, -0.25) is 9.69 Å². The fraction of sp³-hybridized carbons (Fsp3) is 0.409. The Morgan fingerprint density at radius 1 is 1.12 bits per heavy atom. The molecule has 1 aliphatic heterocycles. The highest BCUT2D eigenvalue weighted by molar-refractivity contribution is 5.78. The highest BCUT2D eigenvalue weighted by Gasteiger charge is 2.22. The van der Waals surface area contributed by atoms with E-state index in [1.54, 1.807) is 0 Å². The maximum atomic E-state index is 12.1. The number of hydrogen-bond acceptors (Lipinski definition) is 2. The van der Waals surface area contributed by atoms with E-state index in [0.29, 0.717) is 12.3 Å². The standard InChI is InChI=1S/C22H28N2O/c1-18-6-5-9-21(14-18)15-22(25)23-12-10-20-11-13-24(17-20)16-19-7-3-2-4-8-19/h2-9,14,20H,10-13,15-17H2,1H3,(H,23,25)/t20-/m0/s1. The quantitative estimate of drug-likeness (QED) is 0.838.